The van der Waals surface area contributed by atoms with Gasteiger partial charge in [-0.15, -0.1) is 0 Å². The van der Waals surface area contributed by atoms with Crippen molar-refractivity contribution in [1.82, 2.24) is 10.2 Å². The number of hydrogen-bond acceptors (Lipinski definition) is 4. The van der Waals surface area contributed by atoms with Crippen LogP contribution in [0.15, 0.2) is 18.2 Å². The first-order valence-electron chi connectivity index (χ1n) is 8.15. The van der Waals surface area contributed by atoms with Crippen LogP contribution in [0.4, 0.5) is 0 Å². The molecule has 2 aliphatic rings. The Morgan fingerprint density at radius 3 is 2.90 bits per heavy atom. The molecular formula is C17H26N2O2. The highest BCUT2D eigenvalue weighted by molar-refractivity contribution is 5.45. The van der Waals surface area contributed by atoms with Crippen molar-refractivity contribution in [2.75, 3.05) is 26.4 Å². The highest BCUT2D eigenvalue weighted by Crippen LogP contribution is 2.35. The zero-order valence-electron chi connectivity index (χ0n) is 13.1. The Balaban J connectivity index is 1.67. The Morgan fingerprint density at radius 2 is 2.14 bits per heavy atom. The van der Waals surface area contributed by atoms with Gasteiger partial charge in [-0.3, -0.25) is 4.90 Å². The van der Waals surface area contributed by atoms with Crippen molar-refractivity contribution in [3.8, 4) is 11.5 Å². The van der Waals surface area contributed by atoms with E-state index in [0.29, 0.717) is 18.9 Å². The third-order valence-electron chi connectivity index (χ3n) is 4.70. The van der Waals surface area contributed by atoms with Crippen molar-refractivity contribution in [2.45, 2.75) is 45.2 Å². The molecular weight excluding hydrogens is 264 g/mol. The maximum absolute atomic E-state index is 5.50. The van der Waals surface area contributed by atoms with Gasteiger partial charge in [-0.2, -0.15) is 0 Å². The summed E-state index contributed by atoms with van der Waals surface area (Å²) in [5.41, 5.74) is 1.30. The quantitative estimate of drug-likeness (QED) is 0.904. The molecule has 0 spiro atoms. The van der Waals surface area contributed by atoms with E-state index < -0.39 is 0 Å². The number of benzene rings is 1. The highest BCUT2D eigenvalue weighted by atomic mass is 16.7. The molecule has 2 aliphatic heterocycles. The molecule has 3 rings (SSSR count). The molecule has 1 fully saturated rings. The second-order valence-electron chi connectivity index (χ2n) is 6.02. The first kappa shape index (κ1) is 14.7. The molecule has 21 heavy (non-hydrogen) atoms. The summed E-state index contributed by atoms with van der Waals surface area (Å²) < 4.78 is 10.9. The van der Waals surface area contributed by atoms with Crippen molar-refractivity contribution in [2.24, 2.45) is 0 Å². The summed E-state index contributed by atoms with van der Waals surface area (Å²) in [4.78, 5) is 2.54. The fourth-order valence-corrected chi connectivity index (χ4v) is 3.31. The summed E-state index contributed by atoms with van der Waals surface area (Å²) in [7, 11) is 0. The fraction of sp³-hybridized carbons (Fsp3) is 0.647. The average Bonchev–Trinajstić information content (AvgIpc) is 3.00. The van der Waals surface area contributed by atoms with E-state index in [9.17, 15) is 0 Å². The number of fused-ring (bicyclic) bond motifs is 1. The molecule has 1 saturated heterocycles. The molecule has 4 heteroatoms. The molecule has 2 heterocycles. The number of nitrogens with one attached hydrogen (secondary N) is 1. The van der Waals surface area contributed by atoms with Crippen LogP contribution < -0.4 is 14.8 Å². The minimum atomic E-state index is 0.344. The lowest BCUT2D eigenvalue weighted by molar-refractivity contribution is 0.173. The lowest BCUT2D eigenvalue weighted by Gasteiger charge is -2.34. The SMILES string of the molecule is CCN(CC1CCCCN1)C(C)c1ccc2c(c1)OCO2. The molecule has 2 atom stereocenters. The van der Waals surface area contributed by atoms with Crippen LogP contribution in [0, 0.1) is 0 Å². The molecule has 0 bridgehead atoms. The predicted octanol–water partition coefficient (Wildman–Crippen LogP) is 2.94. The first-order valence-corrected chi connectivity index (χ1v) is 8.15. The van der Waals surface area contributed by atoms with Crippen LogP contribution >= 0.6 is 0 Å². The van der Waals surface area contributed by atoms with Crippen LogP contribution in [0.5, 0.6) is 11.5 Å². The van der Waals surface area contributed by atoms with Crippen LogP contribution in [0.2, 0.25) is 0 Å². The van der Waals surface area contributed by atoms with Crippen LogP contribution in [-0.4, -0.2) is 37.4 Å². The van der Waals surface area contributed by atoms with Gasteiger partial charge in [0.1, 0.15) is 0 Å². The minimum Gasteiger partial charge on any atom is -0.454 e. The monoisotopic (exact) mass is 290 g/mol. The van der Waals surface area contributed by atoms with Crippen LogP contribution in [0.25, 0.3) is 0 Å². The molecule has 0 aliphatic carbocycles. The van der Waals surface area contributed by atoms with Gasteiger partial charge in [0.05, 0.1) is 0 Å². The second kappa shape index (κ2) is 6.67. The van der Waals surface area contributed by atoms with Gasteiger partial charge in [-0.1, -0.05) is 19.4 Å². The number of rotatable bonds is 5. The van der Waals surface area contributed by atoms with Gasteiger partial charge in [0.2, 0.25) is 6.79 Å². The van der Waals surface area contributed by atoms with Gasteiger partial charge in [0.25, 0.3) is 0 Å². The Morgan fingerprint density at radius 1 is 1.29 bits per heavy atom. The van der Waals surface area contributed by atoms with Gasteiger partial charge in [-0.25, -0.2) is 0 Å². The predicted molar refractivity (Wildman–Crippen MR) is 83.9 cm³/mol. The molecule has 0 radical (unpaired) electrons. The third-order valence-corrected chi connectivity index (χ3v) is 4.70. The van der Waals surface area contributed by atoms with Gasteiger partial charge < -0.3 is 14.8 Å². The van der Waals surface area contributed by atoms with E-state index >= 15 is 0 Å². The molecule has 116 valence electrons. The maximum atomic E-state index is 5.50. The highest BCUT2D eigenvalue weighted by Gasteiger charge is 2.22. The zero-order chi connectivity index (χ0) is 14.7. The Kier molecular flexibility index (Phi) is 4.66. The second-order valence-corrected chi connectivity index (χ2v) is 6.02. The molecule has 4 nitrogen and oxygen atoms in total. The Bertz CT molecular complexity index is 472. The molecule has 1 N–H and O–H groups in total. The summed E-state index contributed by atoms with van der Waals surface area (Å²) in [5, 5.41) is 3.65. The number of likely N-dealkylation sites (N-methyl/N-ethyl adjacent to an activating group) is 1. The van der Waals surface area contributed by atoms with Crippen molar-refractivity contribution < 1.29 is 9.47 Å². The number of hydrogen-bond donors (Lipinski definition) is 1. The van der Waals surface area contributed by atoms with Gasteiger partial charge in [-0.05, 0) is 50.6 Å². The summed E-state index contributed by atoms with van der Waals surface area (Å²) >= 11 is 0. The van der Waals surface area contributed by atoms with Crippen LogP contribution in [0.3, 0.4) is 0 Å². The normalized spacial score (nSPS) is 22.5. The van der Waals surface area contributed by atoms with E-state index in [0.717, 1.165) is 24.6 Å². The van der Waals surface area contributed by atoms with E-state index in [-0.39, 0.29) is 0 Å². The number of ether oxygens (including phenoxy) is 2. The lowest BCUT2D eigenvalue weighted by atomic mass is 10.0. The molecule has 0 aromatic heterocycles. The average molecular weight is 290 g/mol. The van der Waals surface area contributed by atoms with Gasteiger partial charge >= 0.3 is 0 Å². The molecule has 1 aromatic rings. The zero-order valence-corrected chi connectivity index (χ0v) is 13.1. The smallest absolute Gasteiger partial charge is 0.231 e. The van der Waals surface area contributed by atoms with Crippen molar-refractivity contribution in [1.29, 1.82) is 0 Å². The lowest BCUT2D eigenvalue weighted by Crippen LogP contribution is -2.44. The molecule has 1 aromatic carbocycles. The summed E-state index contributed by atoms with van der Waals surface area (Å²) in [6.07, 6.45) is 3.97. The molecule has 0 saturated carbocycles. The molecule has 2 unspecified atom stereocenters. The fourth-order valence-electron chi connectivity index (χ4n) is 3.31. The minimum absolute atomic E-state index is 0.344. The molecule has 0 amide bonds. The van der Waals surface area contributed by atoms with Gasteiger partial charge in [0.15, 0.2) is 11.5 Å². The number of nitrogens with zero attached hydrogens (tertiary/aromatic N) is 1. The van der Waals surface area contributed by atoms with E-state index in [1.807, 2.05) is 6.07 Å². The van der Waals surface area contributed by atoms with E-state index in [2.05, 4.69) is 36.2 Å². The van der Waals surface area contributed by atoms with Crippen LogP contribution in [0.1, 0.15) is 44.7 Å². The van der Waals surface area contributed by atoms with Crippen molar-refractivity contribution in [3.05, 3.63) is 23.8 Å². The van der Waals surface area contributed by atoms with E-state index in [4.69, 9.17) is 9.47 Å². The summed E-state index contributed by atoms with van der Waals surface area (Å²) in [6.45, 7) is 8.22. The Hall–Kier alpha value is -1.26. The largest absolute Gasteiger partial charge is 0.454 e. The van der Waals surface area contributed by atoms with E-state index in [1.54, 1.807) is 0 Å². The topological polar surface area (TPSA) is 33.7 Å². The van der Waals surface area contributed by atoms with Crippen molar-refractivity contribution in [3.63, 3.8) is 0 Å². The first-order chi connectivity index (χ1) is 10.3. The summed E-state index contributed by atoms with van der Waals surface area (Å²) in [6, 6.07) is 7.35. The van der Waals surface area contributed by atoms with Crippen LogP contribution in [-0.2, 0) is 0 Å². The third kappa shape index (κ3) is 3.33. The maximum Gasteiger partial charge on any atom is 0.231 e. The van der Waals surface area contributed by atoms with E-state index in [1.165, 1.54) is 31.4 Å². The Labute approximate surface area is 127 Å². The van der Waals surface area contributed by atoms with Gasteiger partial charge in [0, 0.05) is 18.6 Å². The van der Waals surface area contributed by atoms with Crippen molar-refractivity contribution >= 4 is 0 Å². The summed E-state index contributed by atoms with van der Waals surface area (Å²) in [5.74, 6) is 1.74. The number of piperidine rings is 1. The standard InChI is InChI=1S/C17H26N2O2/c1-3-19(11-15-6-4-5-9-18-15)13(2)14-7-8-16-17(10-14)21-12-20-16/h7-8,10,13,15,18H,3-6,9,11-12H2,1-2H3.